The molecule has 0 amide bonds. The highest BCUT2D eigenvalue weighted by Gasteiger charge is 2.04. The van der Waals surface area contributed by atoms with Gasteiger partial charge in [-0.2, -0.15) is 0 Å². The Labute approximate surface area is 66.7 Å². The van der Waals surface area contributed by atoms with Crippen molar-refractivity contribution in [3.63, 3.8) is 0 Å². The minimum absolute atomic E-state index is 0.137. The van der Waals surface area contributed by atoms with E-state index in [0.29, 0.717) is 0 Å². The Balaban J connectivity index is 3.79. The molecule has 11 heavy (non-hydrogen) atoms. The summed E-state index contributed by atoms with van der Waals surface area (Å²) in [6, 6.07) is 0. The van der Waals surface area contributed by atoms with Gasteiger partial charge in [0.25, 0.3) is 0 Å². The number of esters is 1. The van der Waals surface area contributed by atoms with Crippen LogP contribution in [0.5, 0.6) is 0 Å². The highest BCUT2D eigenvalue weighted by molar-refractivity contribution is 5.82. The number of allylic oxidation sites excluding steroid dienone is 1. The maximum Gasteiger partial charge on any atom is 0.331 e. The lowest BCUT2D eigenvalue weighted by Crippen LogP contribution is -2.16. The Hall–Kier alpha value is -0.830. The molecule has 0 radical (unpaired) electrons. The smallest absolute Gasteiger partial charge is 0.331 e. The number of aliphatic hydroxyl groups is 1. The van der Waals surface area contributed by atoms with Crippen LogP contribution in [0.25, 0.3) is 0 Å². The van der Waals surface area contributed by atoms with E-state index >= 15 is 0 Å². The lowest BCUT2D eigenvalue weighted by Gasteiger charge is -2.07. The van der Waals surface area contributed by atoms with Crippen LogP contribution < -0.4 is 0 Å². The first kappa shape index (κ1) is 10.2. The van der Waals surface area contributed by atoms with E-state index in [1.54, 1.807) is 6.92 Å². The summed E-state index contributed by atoms with van der Waals surface area (Å²) in [5, 5.41) is 8.52. The Kier molecular flexibility index (Phi) is 4.54. The first-order valence-corrected chi connectivity index (χ1v) is 3.52. The van der Waals surface area contributed by atoms with Gasteiger partial charge in [-0.05, 0) is 20.8 Å². The van der Waals surface area contributed by atoms with Gasteiger partial charge < -0.3 is 9.84 Å². The van der Waals surface area contributed by atoms with Crippen molar-refractivity contribution in [3.05, 3.63) is 11.6 Å². The van der Waals surface area contributed by atoms with E-state index in [4.69, 9.17) is 9.84 Å². The molecule has 0 aromatic heterocycles. The van der Waals surface area contributed by atoms with Crippen molar-refractivity contribution in [2.24, 2.45) is 0 Å². The number of rotatable bonds is 3. The summed E-state index contributed by atoms with van der Waals surface area (Å²) in [6.07, 6.45) is 0.977. The summed E-state index contributed by atoms with van der Waals surface area (Å²) in [5.74, 6) is -0.397. The monoisotopic (exact) mass is 158 g/mol. The van der Waals surface area contributed by atoms with Crippen LogP contribution in [-0.4, -0.2) is 23.8 Å². The fraction of sp³-hybridized carbons (Fsp3) is 0.625. The Bertz CT molecular complexity index is 157. The average Bonchev–Trinajstić information content (AvgIpc) is 1.85. The molecule has 0 saturated heterocycles. The van der Waals surface area contributed by atoms with Crippen LogP contribution >= 0.6 is 0 Å². The lowest BCUT2D eigenvalue weighted by molar-refractivity contribution is -0.143. The van der Waals surface area contributed by atoms with Gasteiger partial charge in [0.2, 0.25) is 0 Å². The number of carbonyl (C=O) groups excluding carboxylic acids is 1. The fourth-order valence-corrected chi connectivity index (χ4v) is 0.505. The van der Waals surface area contributed by atoms with Crippen molar-refractivity contribution >= 4 is 5.97 Å². The molecule has 0 spiro atoms. The molecule has 0 fully saturated rings. The van der Waals surface area contributed by atoms with Crippen LogP contribution in [0.3, 0.4) is 0 Å². The van der Waals surface area contributed by atoms with E-state index in [-0.39, 0.29) is 6.61 Å². The van der Waals surface area contributed by atoms with Crippen LogP contribution in [0.1, 0.15) is 20.8 Å². The SMILES string of the molecule is CC(C)=CC(=O)OC(C)CO. The highest BCUT2D eigenvalue weighted by atomic mass is 16.5. The van der Waals surface area contributed by atoms with Crippen molar-refractivity contribution < 1.29 is 14.6 Å². The summed E-state index contributed by atoms with van der Waals surface area (Å²) in [6.45, 7) is 5.12. The molecule has 1 N–H and O–H groups in total. The van der Waals surface area contributed by atoms with Gasteiger partial charge in [0.15, 0.2) is 0 Å². The molecule has 0 rings (SSSR count). The van der Waals surface area contributed by atoms with Gasteiger partial charge in [-0.3, -0.25) is 0 Å². The number of carbonyl (C=O) groups is 1. The summed E-state index contributed by atoms with van der Waals surface area (Å²) >= 11 is 0. The maximum atomic E-state index is 10.8. The molecule has 64 valence electrons. The van der Waals surface area contributed by atoms with E-state index < -0.39 is 12.1 Å². The van der Waals surface area contributed by atoms with Crippen LogP contribution in [-0.2, 0) is 9.53 Å². The molecule has 3 nitrogen and oxygen atoms in total. The summed E-state index contributed by atoms with van der Waals surface area (Å²) in [4.78, 5) is 10.8. The van der Waals surface area contributed by atoms with E-state index in [0.717, 1.165) is 5.57 Å². The standard InChI is InChI=1S/C8H14O3/c1-6(2)4-8(10)11-7(3)5-9/h4,7,9H,5H2,1-3H3. The second-order valence-electron chi connectivity index (χ2n) is 2.65. The first-order chi connectivity index (χ1) is 5.06. The van der Waals surface area contributed by atoms with Gasteiger partial charge >= 0.3 is 5.97 Å². The van der Waals surface area contributed by atoms with E-state index in [1.807, 2.05) is 13.8 Å². The molecule has 1 atom stereocenters. The number of aliphatic hydroxyl groups excluding tert-OH is 1. The summed E-state index contributed by atoms with van der Waals surface area (Å²) < 4.78 is 4.74. The molecule has 0 aromatic rings. The van der Waals surface area contributed by atoms with E-state index in [1.165, 1.54) is 6.08 Å². The molecule has 3 heteroatoms. The zero-order valence-corrected chi connectivity index (χ0v) is 7.13. The highest BCUT2D eigenvalue weighted by Crippen LogP contribution is 1.94. The van der Waals surface area contributed by atoms with Crippen molar-refractivity contribution in [1.29, 1.82) is 0 Å². The predicted molar refractivity (Wildman–Crippen MR) is 42.1 cm³/mol. The van der Waals surface area contributed by atoms with Gasteiger partial charge in [-0.1, -0.05) is 5.57 Å². The van der Waals surface area contributed by atoms with Crippen molar-refractivity contribution in [2.75, 3.05) is 6.61 Å². The normalized spacial score (nSPS) is 12.0. The van der Waals surface area contributed by atoms with Gasteiger partial charge in [-0.25, -0.2) is 4.79 Å². The average molecular weight is 158 g/mol. The Morgan fingerprint density at radius 1 is 1.64 bits per heavy atom. The first-order valence-electron chi connectivity index (χ1n) is 3.52. The van der Waals surface area contributed by atoms with Crippen LogP contribution in [0.15, 0.2) is 11.6 Å². The number of ether oxygens (including phenoxy) is 1. The third-order valence-corrected chi connectivity index (χ3v) is 0.981. The van der Waals surface area contributed by atoms with Crippen LogP contribution in [0.2, 0.25) is 0 Å². The number of hydrogen-bond donors (Lipinski definition) is 1. The molecule has 0 aliphatic carbocycles. The molecule has 0 aliphatic heterocycles. The van der Waals surface area contributed by atoms with Gasteiger partial charge in [0.1, 0.15) is 6.10 Å². The van der Waals surface area contributed by atoms with Gasteiger partial charge in [-0.15, -0.1) is 0 Å². The van der Waals surface area contributed by atoms with Crippen LogP contribution in [0, 0.1) is 0 Å². The molecule has 0 heterocycles. The second-order valence-corrected chi connectivity index (χ2v) is 2.65. The summed E-state index contributed by atoms with van der Waals surface area (Å²) in [7, 11) is 0. The predicted octanol–water partition coefficient (Wildman–Crippen LogP) is 0.877. The van der Waals surface area contributed by atoms with Gasteiger partial charge in [0, 0.05) is 6.08 Å². The molecule has 0 aromatic carbocycles. The van der Waals surface area contributed by atoms with Crippen molar-refractivity contribution in [2.45, 2.75) is 26.9 Å². The molecular formula is C8H14O3. The topological polar surface area (TPSA) is 46.5 Å². The Morgan fingerprint density at radius 2 is 2.18 bits per heavy atom. The van der Waals surface area contributed by atoms with Crippen LogP contribution in [0.4, 0.5) is 0 Å². The minimum atomic E-state index is -0.418. The molecule has 0 saturated carbocycles. The Morgan fingerprint density at radius 3 is 2.55 bits per heavy atom. The maximum absolute atomic E-state index is 10.8. The molecule has 0 bridgehead atoms. The molecule has 1 unspecified atom stereocenters. The third-order valence-electron chi connectivity index (χ3n) is 0.981. The van der Waals surface area contributed by atoms with Gasteiger partial charge in [0.05, 0.1) is 6.61 Å². The lowest BCUT2D eigenvalue weighted by atomic mass is 10.3. The van der Waals surface area contributed by atoms with Crippen molar-refractivity contribution in [3.8, 4) is 0 Å². The zero-order chi connectivity index (χ0) is 8.85. The second kappa shape index (κ2) is 4.91. The van der Waals surface area contributed by atoms with Crippen molar-refractivity contribution in [1.82, 2.24) is 0 Å². The number of hydrogen-bond acceptors (Lipinski definition) is 3. The molecule has 0 aliphatic rings. The largest absolute Gasteiger partial charge is 0.457 e. The zero-order valence-electron chi connectivity index (χ0n) is 7.13. The molecular weight excluding hydrogens is 144 g/mol. The van der Waals surface area contributed by atoms with E-state index in [2.05, 4.69) is 0 Å². The summed E-state index contributed by atoms with van der Waals surface area (Å²) in [5.41, 5.74) is 0.889. The quantitative estimate of drug-likeness (QED) is 0.490. The third kappa shape index (κ3) is 5.61. The fourth-order valence-electron chi connectivity index (χ4n) is 0.505. The minimum Gasteiger partial charge on any atom is -0.457 e. The van der Waals surface area contributed by atoms with E-state index in [9.17, 15) is 4.79 Å².